The van der Waals surface area contributed by atoms with Gasteiger partial charge in [-0.1, -0.05) is 0 Å². The van der Waals surface area contributed by atoms with Crippen molar-refractivity contribution in [2.45, 2.75) is 0 Å². The summed E-state index contributed by atoms with van der Waals surface area (Å²) in [5, 5.41) is 4.66. The maximum Gasteiger partial charge on any atom is 0.425 e. The Balaban J connectivity index is 2.71. The van der Waals surface area contributed by atoms with Gasteiger partial charge in [-0.15, -0.1) is 0 Å². The van der Waals surface area contributed by atoms with E-state index in [-0.39, 0.29) is 12.3 Å². The molecule has 1 heterocycles. The first-order chi connectivity index (χ1) is 8.49. The van der Waals surface area contributed by atoms with Crippen molar-refractivity contribution < 1.29 is 19.1 Å². The molecule has 0 atom stereocenters. The Bertz CT molecular complexity index is 473. The Kier molecular flexibility index (Phi) is 4.84. The fraction of sp³-hybridized carbons (Fsp3) is 0.333. The second kappa shape index (κ2) is 6.15. The number of hydrazine groups is 1. The Morgan fingerprint density at radius 3 is 2.78 bits per heavy atom. The Morgan fingerprint density at radius 1 is 1.67 bits per heavy atom. The van der Waals surface area contributed by atoms with Crippen molar-refractivity contribution in [3.05, 3.63) is 16.4 Å². The van der Waals surface area contributed by atoms with E-state index in [0.717, 1.165) is 12.1 Å². The SMILES string of the molecule is COC(=O)NN(C=O)CC(=O)c1cnn(C)c1Br. The van der Waals surface area contributed by atoms with Crippen LogP contribution in [0, 0.1) is 0 Å². The number of Topliss-reactive ketones (excluding diaryl/α,β-unsaturated/α-hetero) is 1. The molecule has 1 rings (SSSR count). The molecule has 0 radical (unpaired) electrons. The molecule has 2 amide bonds. The van der Waals surface area contributed by atoms with Gasteiger partial charge in [-0.05, 0) is 15.9 Å². The van der Waals surface area contributed by atoms with E-state index in [1.165, 1.54) is 10.9 Å². The number of rotatable bonds is 5. The molecule has 18 heavy (non-hydrogen) atoms. The van der Waals surface area contributed by atoms with E-state index in [2.05, 4.69) is 31.2 Å². The summed E-state index contributed by atoms with van der Waals surface area (Å²) >= 11 is 3.19. The summed E-state index contributed by atoms with van der Waals surface area (Å²) in [6.45, 7) is -0.317. The number of aromatic nitrogens is 2. The van der Waals surface area contributed by atoms with Crippen LogP contribution >= 0.6 is 15.9 Å². The van der Waals surface area contributed by atoms with Crippen molar-refractivity contribution in [3.63, 3.8) is 0 Å². The van der Waals surface area contributed by atoms with Crippen molar-refractivity contribution in [1.82, 2.24) is 20.2 Å². The van der Waals surface area contributed by atoms with Gasteiger partial charge in [0, 0.05) is 7.05 Å². The molecule has 98 valence electrons. The molecular weight excluding hydrogens is 308 g/mol. The third-order valence-corrected chi connectivity index (χ3v) is 2.97. The Hall–Kier alpha value is -1.90. The van der Waals surface area contributed by atoms with Crippen molar-refractivity contribution in [3.8, 4) is 0 Å². The number of ketones is 1. The molecule has 9 heteroatoms. The number of nitrogens with one attached hydrogen (secondary N) is 1. The second-order valence-corrected chi connectivity index (χ2v) is 3.98. The second-order valence-electron chi connectivity index (χ2n) is 3.23. The topological polar surface area (TPSA) is 93.5 Å². The number of amides is 2. The maximum atomic E-state index is 11.8. The van der Waals surface area contributed by atoms with Gasteiger partial charge in [-0.3, -0.25) is 14.3 Å². The summed E-state index contributed by atoms with van der Waals surface area (Å²) in [5.74, 6) is -0.376. The van der Waals surface area contributed by atoms with Crippen molar-refractivity contribution in [1.29, 1.82) is 0 Å². The number of halogens is 1. The number of methoxy groups -OCH3 is 1. The molecule has 1 aromatic rings. The molecule has 0 aliphatic carbocycles. The summed E-state index contributed by atoms with van der Waals surface area (Å²) in [5.41, 5.74) is 2.40. The zero-order valence-electron chi connectivity index (χ0n) is 9.71. The minimum Gasteiger partial charge on any atom is -0.452 e. The molecule has 0 spiro atoms. The standard InChI is InChI=1S/C9H11BrN4O4/c1-13-8(10)6(3-11-13)7(16)4-14(5-15)12-9(17)18-2/h3,5H,4H2,1-2H3,(H,12,17). The van der Waals surface area contributed by atoms with Crippen molar-refractivity contribution in [2.75, 3.05) is 13.7 Å². The van der Waals surface area contributed by atoms with E-state index in [1.54, 1.807) is 7.05 Å². The first-order valence-corrected chi connectivity index (χ1v) is 5.56. The highest BCUT2D eigenvalue weighted by Crippen LogP contribution is 2.15. The molecule has 0 aliphatic heterocycles. The van der Waals surface area contributed by atoms with Crippen molar-refractivity contribution >= 4 is 34.2 Å². The van der Waals surface area contributed by atoms with Gasteiger partial charge in [-0.2, -0.15) is 5.10 Å². The molecule has 8 nitrogen and oxygen atoms in total. The molecule has 1 N–H and O–H groups in total. The highest BCUT2D eigenvalue weighted by molar-refractivity contribution is 9.10. The van der Waals surface area contributed by atoms with Crippen LogP contribution in [0.1, 0.15) is 10.4 Å². The van der Waals surface area contributed by atoms with Gasteiger partial charge < -0.3 is 4.74 Å². The zero-order chi connectivity index (χ0) is 13.7. The number of carbonyl (C=O) groups is 3. The fourth-order valence-corrected chi connectivity index (χ4v) is 1.53. The van der Waals surface area contributed by atoms with Gasteiger partial charge in [0.2, 0.25) is 6.41 Å². The molecule has 0 bridgehead atoms. The van der Waals surface area contributed by atoms with Crippen molar-refractivity contribution in [2.24, 2.45) is 7.05 Å². The van der Waals surface area contributed by atoms with E-state index in [9.17, 15) is 14.4 Å². The number of hydrogen-bond acceptors (Lipinski definition) is 5. The van der Waals surface area contributed by atoms with Crippen LogP contribution in [0.3, 0.4) is 0 Å². The lowest BCUT2D eigenvalue weighted by Gasteiger charge is -2.15. The fourth-order valence-electron chi connectivity index (χ4n) is 1.12. The van der Waals surface area contributed by atoms with Crippen LogP contribution in [-0.2, 0) is 16.6 Å². The summed E-state index contributed by atoms with van der Waals surface area (Å²) in [6, 6.07) is 0. The molecule has 0 saturated carbocycles. The van der Waals surface area contributed by atoms with Gasteiger partial charge in [0.25, 0.3) is 0 Å². The van der Waals surface area contributed by atoms with Gasteiger partial charge >= 0.3 is 6.09 Å². The molecule has 0 aromatic carbocycles. The van der Waals surface area contributed by atoms with E-state index in [4.69, 9.17) is 0 Å². The highest BCUT2D eigenvalue weighted by Gasteiger charge is 2.18. The molecule has 0 unspecified atom stereocenters. The van der Waals surface area contributed by atoms with Crippen LogP contribution in [0.25, 0.3) is 0 Å². The zero-order valence-corrected chi connectivity index (χ0v) is 11.3. The van der Waals surface area contributed by atoms with E-state index < -0.39 is 6.09 Å². The van der Waals surface area contributed by atoms with E-state index in [1.807, 2.05) is 0 Å². The summed E-state index contributed by atoms with van der Waals surface area (Å²) in [6.07, 6.45) is 0.854. The highest BCUT2D eigenvalue weighted by atomic mass is 79.9. The predicted octanol–water partition coefficient (Wildman–Crippen LogP) is 0.0947. The first kappa shape index (κ1) is 14.2. The normalized spacial score (nSPS) is 9.72. The average molecular weight is 319 g/mol. The van der Waals surface area contributed by atoms with Gasteiger partial charge in [-0.25, -0.2) is 15.2 Å². The molecule has 0 aliphatic rings. The smallest absolute Gasteiger partial charge is 0.425 e. The number of aryl methyl sites for hydroxylation is 1. The Morgan fingerprint density at radius 2 is 2.33 bits per heavy atom. The van der Waals surface area contributed by atoms with Crippen LogP contribution < -0.4 is 5.43 Å². The average Bonchev–Trinajstić information content (AvgIpc) is 2.68. The summed E-state index contributed by atoms with van der Waals surface area (Å²) in [4.78, 5) is 33.4. The lowest BCUT2D eigenvalue weighted by Crippen LogP contribution is -2.44. The largest absolute Gasteiger partial charge is 0.452 e. The van der Waals surface area contributed by atoms with Gasteiger partial charge in [0.1, 0.15) is 11.1 Å². The minimum atomic E-state index is -0.833. The monoisotopic (exact) mass is 318 g/mol. The summed E-state index contributed by atoms with van der Waals surface area (Å²) in [7, 11) is 2.81. The lowest BCUT2D eigenvalue weighted by atomic mass is 10.2. The summed E-state index contributed by atoms with van der Waals surface area (Å²) < 4.78 is 6.27. The first-order valence-electron chi connectivity index (χ1n) is 4.76. The van der Waals surface area contributed by atoms with E-state index in [0.29, 0.717) is 16.6 Å². The Labute approximate surface area is 111 Å². The third kappa shape index (κ3) is 3.29. The van der Waals surface area contributed by atoms with Crippen LogP contribution in [0.5, 0.6) is 0 Å². The van der Waals surface area contributed by atoms with Gasteiger partial charge in [0.15, 0.2) is 5.78 Å². The van der Waals surface area contributed by atoms with Crippen LogP contribution in [-0.4, -0.2) is 46.7 Å². The van der Waals surface area contributed by atoms with E-state index >= 15 is 0 Å². The predicted molar refractivity (Wildman–Crippen MR) is 63.5 cm³/mol. The number of carbonyl (C=O) groups excluding carboxylic acids is 3. The van der Waals surface area contributed by atoms with Gasteiger partial charge in [0.05, 0.1) is 18.9 Å². The van der Waals surface area contributed by atoms with Crippen LogP contribution in [0.4, 0.5) is 4.79 Å². The molecule has 0 saturated heterocycles. The molecular formula is C9H11BrN4O4. The van der Waals surface area contributed by atoms with Crippen LogP contribution in [0.15, 0.2) is 10.8 Å². The maximum absolute atomic E-state index is 11.8. The minimum absolute atomic E-state index is 0.316. The molecule has 0 fully saturated rings. The lowest BCUT2D eigenvalue weighted by molar-refractivity contribution is -0.120. The number of ether oxygens (including phenoxy) is 1. The van der Waals surface area contributed by atoms with Crippen LogP contribution in [0.2, 0.25) is 0 Å². The number of hydrogen-bond donors (Lipinski definition) is 1. The molecule has 1 aromatic heterocycles. The third-order valence-electron chi connectivity index (χ3n) is 2.03. The number of nitrogens with zero attached hydrogens (tertiary/aromatic N) is 3. The quantitative estimate of drug-likeness (QED) is 0.472.